The predicted molar refractivity (Wildman–Crippen MR) is 111 cm³/mol. The average molecular weight is 393 g/mol. The molecule has 0 saturated carbocycles. The van der Waals surface area contributed by atoms with E-state index in [2.05, 4.69) is 16.4 Å². The molecule has 3 rings (SSSR count). The summed E-state index contributed by atoms with van der Waals surface area (Å²) in [5.74, 6) is -0.0576. The number of hydrogen-bond acceptors (Lipinski definition) is 4. The first kappa shape index (κ1) is 20.6. The third-order valence-electron chi connectivity index (χ3n) is 5.07. The Labute approximate surface area is 171 Å². The van der Waals surface area contributed by atoms with Crippen molar-refractivity contribution in [3.63, 3.8) is 0 Å². The summed E-state index contributed by atoms with van der Waals surface area (Å²) >= 11 is 0. The molecule has 0 spiro atoms. The van der Waals surface area contributed by atoms with Crippen molar-refractivity contribution in [1.29, 1.82) is 5.26 Å². The molecule has 2 heterocycles. The lowest BCUT2D eigenvalue weighted by molar-refractivity contribution is 0.0737. The fourth-order valence-electron chi connectivity index (χ4n) is 3.70. The van der Waals surface area contributed by atoms with Gasteiger partial charge in [-0.15, -0.1) is 0 Å². The van der Waals surface area contributed by atoms with E-state index in [-0.39, 0.29) is 11.8 Å². The van der Waals surface area contributed by atoms with E-state index in [1.54, 1.807) is 24.3 Å². The maximum Gasteiger partial charge on any atom is 0.289 e. The van der Waals surface area contributed by atoms with Crippen LogP contribution < -0.4 is 5.32 Å². The van der Waals surface area contributed by atoms with Gasteiger partial charge in [0.1, 0.15) is 0 Å². The number of fused-ring (bicyclic) bond motifs is 1. The lowest BCUT2D eigenvalue weighted by Crippen LogP contribution is -2.35. The first-order valence-electron chi connectivity index (χ1n) is 10.3. The number of nitrogens with one attached hydrogen (secondary N) is 1. The van der Waals surface area contributed by atoms with Crippen molar-refractivity contribution in [2.75, 3.05) is 18.4 Å². The van der Waals surface area contributed by atoms with Crippen LogP contribution in [0, 0.1) is 11.3 Å². The van der Waals surface area contributed by atoms with Gasteiger partial charge >= 0.3 is 0 Å². The SMILES string of the molecule is CCCN(CCC)C(=O)c1nc(C(=O)Nc2ccc(C#N)cc2)c2n1CCCC2. The third kappa shape index (κ3) is 4.48. The normalized spacial score (nSPS) is 12.7. The van der Waals surface area contributed by atoms with Crippen LogP contribution in [0.2, 0.25) is 0 Å². The molecular weight excluding hydrogens is 366 g/mol. The van der Waals surface area contributed by atoms with E-state index < -0.39 is 0 Å². The van der Waals surface area contributed by atoms with Gasteiger partial charge in [0, 0.05) is 25.3 Å². The Morgan fingerprint density at radius 1 is 1.17 bits per heavy atom. The molecule has 29 heavy (non-hydrogen) atoms. The first-order chi connectivity index (χ1) is 14.1. The first-order valence-corrected chi connectivity index (χ1v) is 10.3. The van der Waals surface area contributed by atoms with Crippen LogP contribution in [-0.4, -0.2) is 39.4 Å². The number of nitriles is 1. The highest BCUT2D eigenvalue weighted by atomic mass is 16.2. The van der Waals surface area contributed by atoms with Crippen LogP contribution in [0.15, 0.2) is 24.3 Å². The quantitative estimate of drug-likeness (QED) is 0.778. The van der Waals surface area contributed by atoms with Gasteiger partial charge in [-0.3, -0.25) is 9.59 Å². The Balaban J connectivity index is 1.90. The zero-order valence-corrected chi connectivity index (χ0v) is 17.1. The van der Waals surface area contributed by atoms with Crippen LogP contribution in [-0.2, 0) is 13.0 Å². The van der Waals surface area contributed by atoms with Gasteiger partial charge in [-0.05, 0) is 56.4 Å². The number of anilines is 1. The zero-order chi connectivity index (χ0) is 20.8. The Kier molecular flexibility index (Phi) is 6.65. The van der Waals surface area contributed by atoms with Crippen LogP contribution in [0.25, 0.3) is 0 Å². The van der Waals surface area contributed by atoms with E-state index in [4.69, 9.17) is 5.26 Å². The highest BCUT2D eigenvalue weighted by Crippen LogP contribution is 2.23. The van der Waals surface area contributed by atoms with Crippen LogP contribution in [0.1, 0.15) is 71.9 Å². The molecule has 2 aromatic rings. The topological polar surface area (TPSA) is 91.0 Å². The van der Waals surface area contributed by atoms with Gasteiger partial charge in [0.2, 0.25) is 0 Å². The number of carbonyl (C=O) groups is 2. The molecule has 1 aromatic heterocycles. The number of rotatable bonds is 7. The Morgan fingerprint density at radius 3 is 2.48 bits per heavy atom. The minimum absolute atomic E-state index is 0.103. The molecule has 7 heteroatoms. The summed E-state index contributed by atoms with van der Waals surface area (Å²) < 4.78 is 1.93. The summed E-state index contributed by atoms with van der Waals surface area (Å²) in [6, 6.07) is 8.74. The van der Waals surface area contributed by atoms with Crippen molar-refractivity contribution >= 4 is 17.5 Å². The highest BCUT2D eigenvalue weighted by Gasteiger charge is 2.29. The van der Waals surface area contributed by atoms with Crippen molar-refractivity contribution in [2.24, 2.45) is 0 Å². The smallest absolute Gasteiger partial charge is 0.289 e. The second-order valence-electron chi connectivity index (χ2n) is 7.27. The molecule has 0 saturated heterocycles. The van der Waals surface area contributed by atoms with Crippen molar-refractivity contribution in [3.05, 3.63) is 47.0 Å². The summed E-state index contributed by atoms with van der Waals surface area (Å²) in [5.41, 5.74) is 2.28. The zero-order valence-electron chi connectivity index (χ0n) is 17.1. The maximum absolute atomic E-state index is 13.1. The number of benzene rings is 1. The molecule has 1 N–H and O–H groups in total. The maximum atomic E-state index is 13.1. The monoisotopic (exact) mass is 393 g/mol. The van der Waals surface area contributed by atoms with E-state index >= 15 is 0 Å². The Morgan fingerprint density at radius 2 is 1.86 bits per heavy atom. The number of carbonyl (C=O) groups excluding carboxylic acids is 2. The molecule has 0 bridgehead atoms. The predicted octanol–water partition coefficient (Wildman–Crippen LogP) is 3.61. The van der Waals surface area contributed by atoms with Crippen LogP contribution >= 0.6 is 0 Å². The van der Waals surface area contributed by atoms with Gasteiger partial charge in [-0.1, -0.05) is 13.8 Å². The highest BCUT2D eigenvalue weighted by molar-refractivity contribution is 6.05. The lowest BCUT2D eigenvalue weighted by atomic mass is 10.1. The van der Waals surface area contributed by atoms with Gasteiger partial charge < -0.3 is 14.8 Å². The van der Waals surface area contributed by atoms with E-state index in [1.165, 1.54) is 0 Å². The van der Waals surface area contributed by atoms with Crippen LogP contribution in [0.4, 0.5) is 5.69 Å². The number of amides is 2. The van der Waals surface area contributed by atoms with Gasteiger partial charge in [-0.2, -0.15) is 5.26 Å². The van der Waals surface area contributed by atoms with Crippen molar-refractivity contribution in [1.82, 2.24) is 14.5 Å². The number of hydrogen-bond donors (Lipinski definition) is 1. The molecule has 152 valence electrons. The molecule has 1 aromatic carbocycles. The summed E-state index contributed by atoms with van der Waals surface area (Å²) in [6.07, 6.45) is 4.45. The van der Waals surface area contributed by atoms with Gasteiger partial charge in [0.05, 0.1) is 17.3 Å². The van der Waals surface area contributed by atoms with E-state index in [0.717, 1.165) is 37.8 Å². The molecule has 0 atom stereocenters. The number of aromatic nitrogens is 2. The number of nitrogens with zero attached hydrogens (tertiary/aromatic N) is 4. The van der Waals surface area contributed by atoms with Gasteiger partial charge in [-0.25, -0.2) is 4.98 Å². The van der Waals surface area contributed by atoms with Crippen molar-refractivity contribution in [3.8, 4) is 6.07 Å². The minimum atomic E-state index is -0.322. The van der Waals surface area contributed by atoms with E-state index in [1.807, 2.05) is 23.3 Å². The average Bonchev–Trinajstić information content (AvgIpc) is 3.13. The molecule has 2 amide bonds. The second kappa shape index (κ2) is 9.37. The lowest BCUT2D eigenvalue weighted by Gasteiger charge is -2.23. The molecule has 7 nitrogen and oxygen atoms in total. The van der Waals surface area contributed by atoms with E-state index in [9.17, 15) is 9.59 Å². The van der Waals surface area contributed by atoms with Crippen molar-refractivity contribution < 1.29 is 9.59 Å². The van der Waals surface area contributed by atoms with Gasteiger partial charge in [0.15, 0.2) is 11.5 Å². The van der Waals surface area contributed by atoms with Crippen molar-refractivity contribution in [2.45, 2.75) is 52.5 Å². The second-order valence-corrected chi connectivity index (χ2v) is 7.27. The molecular formula is C22H27N5O2. The standard InChI is InChI=1S/C22H27N5O2/c1-3-12-26(13-4-2)22(29)20-25-19(18-7-5-6-14-27(18)20)21(28)24-17-10-8-16(15-23)9-11-17/h8-11H,3-7,12-14H2,1-2H3,(H,24,28). The third-order valence-corrected chi connectivity index (χ3v) is 5.07. The Bertz CT molecular complexity index is 918. The molecule has 0 unspecified atom stereocenters. The number of imidazole rings is 1. The fraction of sp³-hybridized carbons (Fsp3) is 0.455. The molecule has 1 aliphatic rings. The largest absolute Gasteiger partial charge is 0.336 e. The van der Waals surface area contributed by atoms with Crippen LogP contribution in [0.5, 0.6) is 0 Å². The van der Waals surface area contributed by atoms with Gasteiger partial charge in [0.25, 0.3) is 11.8 Å². The molecule has 0 fully saturated rings. The molecule has 1 aliphatic heterocycles. The fourth-order valence-corrected chi connectivity index (χ4v) is 3.70. The van der Waals surface area contributed by atoms with E-state index in [0.29, 0.717) is 42.4 Å². The summed E-state index contributed by atoms with van der Waals surface area (Å²) in [6.45, 7) is 6.17. The summed E-state index contributed by atoms with van der Waals surface area (Å²) in [4.78, 5) is 32.4. The summed E-state index contributed by atoms with van der Waals surface area (Å²) in [7, 11) is 0. The Hall–Kier alpha value is -3.14. The van der Waals surface area contributed by atoms with Crippen LogP contribution in [0.3, 0.4) is 0 Å². The minimum Gasteiger partial charge on any atom is -0.336 e. The molecule has 0 radical (unpaired) electrons. The summed E-state index contributed by atoms with van der Waals surface area (Å²) in [5, 5.41) is 11.8. The molecule has 0 aliphatic carbocycles.